The largest absolute Gasteiger partial charge is 0.419 e. The van der Waals surface area contributed by atoms with Gasteiger partial charge in [0.1, 0.15) is 5.82 Å². The van der Waals surface area contributed by atoms with Crippen LogP contribution in [-0.4, -0.2) is 9.97 Å². The molecule has 1 aromatic heterocycles. The molecule has 0 aliphatic heterocycles. The number of nitrogens with two attached hydrogens (primary N) is 1. The van der Waals surface area contributed by atoms with Crippen molar-refractivity contribution in [3.8, 4) is 0 Å². The minimum absolute atomic E-state index is 0.237. The molecule has 14 heavy (non-hydrogen) atoms. The van der Waals surface area contributed by atoms with Crippen molar-refractivity contribution in [3.63, 3.8) is 0 Å². The molecule has 0 bridgehead atoms. The van der Waals surface area contributed by atoms with Crippen molar-refractivity contribution in [3.05, 3.63) is 23.8 Å². The quantitative estimate of drug-likeness (QED) is 0.802. The van der Waals surface area contributed by atoms with Gasteiger partial charge in [-0.05, 0) is 6.42 Å². The van der Waals surface area contributed by atoms with E-state index in [1.807, 2.05) is 6.92 Å². The van der Waals surface area contributed by atoms with Crippen LogP contribution < -0.4 is 5.73 Å². The third-order valence-electron chi connectivity index (χ3n) is 1.77. The van der Waals surface area contributed by atoms with Crippen molar-refractivity contribution in [1.82, 2.24) is 9.97 Å². The molecule has 2 N–H and O–H groups in total. The first-order valence-corrected chi connectivity index (χ1v) is 4.10. The summed E-state index contributed by atoms with van der Waals surface area (Å²) in [6.45, 7) is 1.81. The van der Waals surface area contributed by atoms with Gasteiger partial charge in [0, 0.05) is 12.4 Å². The molecule has 0 aliphatic rings. The third-order valence-corrected chi connectivity index (χ3v) is 1.77. The molecule has 1 rings (SSSR count). The van der Waals surface area contributed by atoms with Crippen molar-refractivity contribution in [1.29, 1.82) is 0 Å². The zero-order chi connectivity index (χ0) is 10.8. The molecule has 0 amide bonds. The van der Waals surface area contributed by atoms with Crippen molar-refractivity contribution < 1.29 is 13.2 Å². The maximum atomic E-state index is 12.1. The van der Waals surface area contributed by atoms with Gasteiger partial charge >= 0.3 is 6.18 Å². The second-order valence-corrected chi connectivity index (χ2v) is 2.84. The van der Waals surface area contributed by atoms with Crippen LogP contribution in [-0.2, 0) is 6.18 Å². The Hall–Kier alpha value is -1.17. The molecule has 0 saturated heterocycles. The first-order chi connectivity index (χ1) is 6.45. The fourth-order valence-electron chi connectivity index (χ4n) is 0.858. The van der Waals surface area contributed by atoms with E-state index in [2.05, 4.69) is 9.97 Å². The van der Waals surface area contributed by atoms with Gasteiger partial charge in [-0.1, -0.05) is 6.92 Å². The molecular formula is C8H10F3N3. The first-order valence-electron chi connectivity index (χ1n) is 4.10. The summed E-state index contributed by atoms with van der Waals surface area (Å²) >= 11 is 0. The number of nitrogens with zero attached hydrogens (tertiary/aromatic N) is 2. The second kappa shape index (κ2) is 3.91. The Balaban J connectivity index is 2.89. The Morgan fingerprint density at radius 2 is 1.86 bits per heavy atom. The number of halogens is 3. The van der Waals surface area contributed by atoms with Crippen LogP contribution in [0.15, 0.2) is 12.4 Å². The van der Waals surface area contributed by atoms with Gasteiger partial charge in [-0.2, -0.15) is 13.2 Å². The van der Waals surface area contributed by atoms with E-state index in [1.54, 1.807) is 0 Å². The van der Waals surface area contributed by atoms with Crippen LogP contribution in [0.1, 0.15) is 30.8 Å². The summed E-state index contributed by atoms with van der Waals surface area (Å²) in [5.41, 5.74) is 4.69. The molecular weight excluding hydrogens is 195 g/mol. The van der Waals surface area contributed by atoms with Gasteiger partial charge in [-0.15, -0.1) is 0 Å². The van der Waals surface area contributed by atoms with E-state index >= 15 is 0 Å². The van der Waals surface area contributed by atoms with Crippen LogP contribution in [0.3, 0.4) is 0 Å². The maximum absolute atomic E-state index is 12.1. The maximum Gasteiger partial charge on any atom is 0.419 e. The third kappa shape index (κ3) is 2.41. The fourth-order valence-corrected chi connectivity index (χ4v) is 0.858. The standard InChI is InChI=1S/C8H10F3N3/c1-2-6(12)7-13-3-5(4-14-7)8(9,10)11/h3-4,6H,2,12H2,1H3/t6-/m1/s1. The molecule has 1 atom stereocenters. The minimum Gasteiger partial charge on any atom is -0.321 e. The summed E-state index contributed by atoms with van der Waals surface area (Å²) in [5.74, 6) is 0.237. The Bertz CT molecular complexity index is 294. The molecule has 0 radical (unpaired) electrons. The highest BCUT2D eigenvalue weighted by Crippen LogP contribution is 2.28. The van der Waals surface area contributed by atoms with Crippen molar-refractivity contribution in [2.24, 2.45) is 5.73 Å². The van der Waals surface area contributed by atoms with E-state index in [-0.39, 0.29) is 5.82 Å². The summed E-state index contributed by atoms with van der Waals surface area (Å²) in [6.07, 6.45) is -2.31. The van der Waals surface area contributed by atoms with E-state index in [4.69, 9.17) is 5.73 Å². The lowest BCUT2D eigenvalue weighted by Crippen LogP contribution is -2.14. The van der Waals surface area contributed by atoms with Crippen LogP contribution in [0, 0.1) is 0 Å². The van der Waals surface area contributed by atoms with E-state index in [0.717, 1.165) is 12.4 Å². The smallest absolute Gasteiger partial charge is 0.321 e. The van der Waals surface area contributed by atoms with Gasteiger partial charge in [0.25, 0.3) is 0 Å². The van der Waals surface area contributed by atoms with E-state index in [1.165, 1.54) is 0 Å². The van der Waals surface area contributed by atoms with Gasteiger partial charge in [0.05, 0.1) is 11.6 Å². The molecule has 0 fully saturated rings. The highest BCUT2D eigenvalue weighted by molar-refractivity contribution is 5.10. The van der Waals surface area contributed by atoms with Crippen LogP contribution in [0.25, 0.3) is 0 Å². The topological polar surface area (TPSA) is 51.8 Å². The number of hydrogen-bond acceptors (Lipinski definition) is 3. The molecule has 0 aliphatic carbocycles. The average Bonchev–Trinajstić information content (AvgIpc) is 2.15. The molecule has 0 spiro atoms. The lowest BCUT2D eigenvalue weighted by atomic mass is 10.2. The molecule has 0 saturated carbocycles. The predicted octanol–water partition coefficient (Wildman–Crippen LogP) is 1.91. The van der Waals surface area contributed by atoms with Crippen molar-refractivity contribution in [2.45, 2.75) is 25.6 Å². The molecule has 78 valence electrons. The SMILES string of the molecule is CC[C@@H](N)c1ncc(C(F)(F)F)cn1. The number of hydrogen-bond donors (Lipinski definition) is 1. The van der Waals surface area contributed by atoms with Gasteiger partial charge in [-0.25, -0.2) is 9.97 Å². The highest BCUT2D eigenvalue weighted by atomic mass is 19.4. The van der Waals surface area contributed by atoms with Crippen LogP contribution in [0.2, 0.25) is 0 Å². The minimum atomic E-state index is -4.39. The molecule has 3 nitrogen and oxygen atoms in total. The predicted molar refractivity (Wildman–Crippen MR) is 44.3 cm³/mol. The molecule has 6 heteroatoms. The Morgan fingerprint density at radius 1 is 1.36 bits per heavy atom. The van der Waals surface area contributed by atoms with E-state index < -0.39 is 17.8 Å². The summed E-state index contributed by atoms with van der Waals surface area (Å²) in [4.78, 5) is 7.12. The lowest BCUT2D eigenvalue weighted by molar-refractivity contribution is -0.138. The number of aromatic nitrogens is 2. The summed E-state index contributed by atoms with van der Waals surface area (Å²) < 4.78 is 36.3. The summed E-state index contributed by atoms with van der Waals surface area (Å²) in [6, 6.07) is -0.405. The highest BCUT2D eigenvalue weighted by Gasteiger charge is 2.31. The van der Waals surface area contributed by atoms with Gasteiger partial charge in [-0.3, -0.25) is 0 Å². The van der Waals surface area contributed by atoms with Crippen molar-refractivity contribution in [2.75, 3.05) is 0 Å². The van der Waals surface area contributed by atoms with Gasteiger partial charge in [0.2, 0.25) is 0 Å². The zero-order valence-electron chi connectivity index (χ0n) is 7.54. The van der Waals surface area contributed by atoms with Crippen LogP contribution in [0.4, 0.5) is 13.2 Å². The van der Waals surface area contributed by atoms with E-state index in [9.17, 15) is 13.2 Å². The van der Waals surface area contributed by atoms with Gasteiger partial charge in [0.15, 0.2) is 0 Å². The second-order valence-electron chi connectivity index (χ2n) is 2.84. The monoisotopic (exact) mass is 205 g/mol. The zero-order valence-corrected chi connectivity index (χ0v) is 7.54. The number of rotatable bonds is 2. The first kappa shape index (κ1) is 10.9. The van der Waals surface area contributed by atoms with Gasteiger partial charge < -0.3 is 5.73 Å². The fraction of sp³-hybridized carbons (Fsp3) is 0.500. The Kier molecular flexibility index (Phi) is 3.05. The average molecular weight is 205 g/mol. The summed E-state index contributed by atoms with van der Waals surface area (Å²) in [5, 5.41) is 0. The van der Waals surface area contributed by atoms with Crippen LogP contribution in [0.5, 0.6) is 0 Å². The Labute approximate surface area is 79.2 Å². The summed E-state index contributed by atoms with van der Waals surface area (Å²) in [7, 11) is 0. The molecule has 0 unspecified atom stereocenters. The lowest BCUT2D eigenvalue weighted by Gasteiger charge is -2.09. The van der Waals surface area contributed by atoms with E-state index in [0.29, 0.717) is 6.42 Å². The number of alkyl halides is 3. The van der Waals surface area contributed by atoms with Crippen molar-refractivity contribution >= 4 is 0 Å². The molecule has 1 aromatic rings. The van der Waals surface area contributed by atoms with Crippen LogP contribution >= 0.6 is 0 Å². The normalized spacial score (nSPS) is 14.1. The Morgan fingerprint density at radius 3 is 2.21 bits per heavy atom. The molecule has 0 aromatic carbocycles. The molecule has 1 heterocycles.